The van der Waals surface area contributed by atoms with E-state index >= 15 is 0 Å². The number of amides is 1. The van der Waals surface area contributed by atoms with Gasteiger partial charge in [-0.05, 0) is 71.1 Å². The van der Waals surface area contributed by atoms with Crippen molar-refractivity contribution in [2.75, 3.05) is 13.2 Å². The predicted octanol–water partition coefficient (Wildman–Crippen LogP) is 6.63. The second-order valence-corrected chi connectivity index (χ2v) is 10.7. The summed E-state index contributed by atoms with van der Waals surface area (Å²) in [5, 5.41) is 20.0. The van der Waals surface area contributed by atoms with Crippen LogP contribution in [0.1, 0.15) is 48.5 Å². The largest absolute Gasteiger partial charge is 0.481 e. The van der Waals surface area contributed by atoms with Crippen LogP contribution in [-0.4, -0.2) is 46.3 Å². The van der Waals surface area contributed by atoms with Crippen LogP contribution in [0.15, 0.2) is 46.9 Å². The van der Waals surface area contributed by atoms with Crippen molar-refractivity contribution in [1.29, 1.82) is 0 Å². The average molecular weight is 560 g/mol. The maximum absolute atomic E-state index is 12.8. The van der Waals surface area contributed by atoms with Crippen LogP contribution in [0.5, 0.6) is 0 Å². The van der Waals surface area contributed by atoms with Gasteiger partial charge in [0.2, 0.25) is 0 Å². The summed E-state index contributed by atoms with van der Waals surface area (Å²) in [7, 11) is 0. The lowest BCUT2D eigenvalue weighted by Gasteiger charge is -2.31. The van der Waals surface area contributed by atoms with Crippen molar-refractivity contribution in [1.82, 2.24) is 4.90 Å². The molecule has 9 heteroatoms. The summed E-state index contributed by atoms with van der Waals surface area (Å²) in [6, 6.07) is 12.7. The first-order valence-corrected chi connectivity index (χ1v) is 13.0. The van der Waals surface area contributed by atoms with Gasteiger partial charge in [-0.2, -0.15) is 0 Å². The summed E-state index contributed by atoms with van der Waals surface area (Å²) in [6.07, 6.45) is 2.28. The lowest BCUT2D eigenvalue weighted by molar-refractivity contribution is -0.149. The maximum Gasteiger partial charge on any atom is 0.410 e. The van der Waals surface area contributed by atoms with E-state index in [-0.39, 0.29) is 25.3 Å². The van der Waals surface area contributed by atoms with Crippen molar-refractivity contribution in [2.24, 2.45) is 5.41 Å². The van der Waals surface area contributed by atoms with E-state index in [0.717, 1.165) is 43.4 Å². The van der Waals surface area contributed by atoms with Gasteiger partial charge < -0.3 is 19.8 Å². The summed E-state index contributed by atoms with van der Waals surface area (Å²) in [4.78, 5) is 38.5. The number of hydrogen-bond donors (Lipinski definition) is 2. The van der Waals surface area contributed by atoms with Gasteiger partial charge in [0, 0.05) is 32.5 Å². The number of carboxylic acid groups (broad SMARTS) is 2. The quantitative estimate of drug-likeness (QED) is 0.321. The number of aromatic carboxylic acids is 1. The molecule has 1 amide bonds. The van der Waals surface area contributed by atoms with Crippen LogP contribution in [0.2, 0.25) is 0 Å². The molecule has 1 heterocycles. The van der Waals surface area contributed by atoms with E-state index in [4.69, 9.17) is 9.84 Å². The number of fused-ring (bicyclic) bond motifs is 1. The van der Waals surface area contributed by atoms with E-state index in [9.17, 15) is 19.5 Å². The molecule has 35 heavy (non-hydrogen) atoms. The van der Waals surface area contributed by atoms with Gasteiger partial charge in [0.25, 0.3) is 0 Å². The molecule has 0 aliphatic heterocycles. The molecule has 1 saturated carbocycles. The first-order chi connectivity index (χ1) is 16.7. The number of halogens is 1. The van der Waals surface area contributed by atoms with Gasteiger partial charge in [0.05, 0.1) is 17.6 Å². The normalized spacial score (nSPS) is 14.7. The average Bonchev–Trinajstić information content (AvgIpc) is 3.44. The molecular formula is C26H26BrNO6S. The highest BCUT2D eigenvalue weighted by Gasteiger charge is 2.43. The second-order valence-electron chi connectivity index (χ2n) is 8.81. The fraction of sp³-hybridized carbons (Fsp3) is 0.346. The summed E-state index contributed by atoms with van der Waals surface area (Å²) in [6.45, 7) is 2.31. The van der Waals surface area contributed by atoms with E-state index in [0.29, 0.717) is 12.8 Å². The Morgan fingerprint density at radius 1 is 1.09 bits per heavy atom. The molecule has 4 rings (SSSR count). The van der Waals surface area contributed by atoms with Gasteiger partial charge in [-0.15, -0.1) is 11.3 Å². The van der Waals surface area contributed by atoms with Crippen molar-refractivity contribution in [2.45, 2.75) is 39.2 Å². The fourth-order valence-electron chi connectivity index (χ4n) is 4.64. The van der Waals surface area contributed by atoms with Gasteiger partial charge in [0.15, 0.2) is 0 Å². The molecule has 0 atom stereocenters. The van der Waals surface area contributed by atoms with Crippen molar-refractivity contribution in [3.63, 3.8) is 0 Å². The molecule has 1 fully saturated rings. The van der Waals surface area contributed by atoms with Gasteiger partial charge in [-0.25, -0.2) is 9.59 Å². The highest BCUT2D eigenvalue weighted by atomic mass is 79.9. The molecule has 0 spiro atoms. The van der Waals surface area contributed by atoms with E-state index < -0.39 is 23.4 Å². The van der Waals surface area contributed by atoms with Crippen LogP contribution in [0.3, 0.4) is 0 Å². The van der Waals surface area contributed by atoms with Gasteiger partial charge >= 0.3 is 18.0 Å². The lowest BCUT2D eigenvalue weighted by Crippen LogP contribution is -2.44. The molecule has 0 radical (unpaired) electrons. The van der Waals surface area contributed by atoms with Crippen molar-refractivity contribution >= 4 is 55.4 Å². The van der Waals surface area contributed by atoms with Crippen LogP contribution in [0.25, 0.3) is 20.5 Å². The molecule has 0 bridgehead atoms. The summed E-state index contributed by atoms with van der Waals surface area (Å²) in [5.74, 6) is -1.83. The van der Waals surface area contributed by atoms with Gasteiger partial charge in [-0.3, -0.25) is 4.79 Å². The summed E-state index contributed by atoms with van der Waals surface area (Å²) < 4.78 is 7.19. The fourth-order valence-corrected chi connectivity index (χ4v) is 6.65. The summed E-state index contributed by atoms with van der Waals surface area (Å²) >= 11 is 5.29. The molecule has 0 saturated heterocycles. The number of nitrogens with zero attached hydrogens (tertiary/aromatic N) is 1. The van der Waals surface area contributed by atoms with E-state index in [1.807, 2.05) is 18.2 Å². The zero-order valence-corrected chi connectivity index (χ0v) is 21.7. The molecule has 1 aliphatic rings. The molecule has 7 nitrogen and oxygen atoms in total. The van der Waals surface area contributed by atoms with Crippen molar-refractivity contribution in [3.05, 3.63) is 58.1 Å². The van der Waals surface area contributed by atoms with Crippen LogP contribution >= 0.6 is 27.3 Å². The molecule has 1 aliphatic carbocycles. The Bertz CT molecular complexity index is 1260. The van der Waals surface area contributed by atoms with E-state index in [1.165, 1.54) is 4.90 Å². The SMILES string of the molecule is CCOC(=O)N(Cc1ccc2sc(-c3ccc(C(=O)O)cc3)c(Br)c2c1)CC1(C(=O)O)CCCC1. The third-order valence-electron chi connectivity index (χ3n) is 6.49. The highest BCUT2D eigenvalue weighted by Crippen LogP contribution is 2.43. The third-order valence-corrected chi connectivity index (χ3v) is 8.80. The van der Waals surface area contributed by atoms with Gasteiger partial charge in [0.1, 0.15) is 0 Å². The second kappa shape index (κ2) is 10.4. The zero-order valence-electron chi connectivity index (χ0n) is 19.3. The molecule has 0 unspecified atom stereocenters. The minimum Gasteiger partial charge on any atom is -0.481 e. The molecular weight excluding hydrogens is 534 g/mol. The highest BCUT2D eigenvalue weighted by molar-refractivity contribution is 9.10. The number of carbonyl (C=O) groups excluding carboxylic acids is 1. The van der Waals surface area contributed by atoms with Crippen LogP contribution < -0.4 is 0 Å². The number of thiophene rings is 1. The molecule has 3 aromatic rings. The Kier molecular flexibility index (Phi) is 7.47. The maximum atomic E-state index is 12.8. The molecule has 184 valence electrons. The Morgan fingerprint density at radius 2 is 1.77 bits per heavy atom. The number of carboxylic acids is 2. The molecule has 2 aromatic carbocycles. The molecule has 1 aromatic heterocycles. The number of carbonyl (C=O) groups is 3. The number of rotatable bonds is 8. The minimum atomic E-state index is -0.968. The van der Waals surface area contributed by atoms with Crippen LogP contribution in [-0.2, 0) is 16.1 Å². The number of benzene rings is 2. The number of ether oxygens (including phenoxy) is 1. The first kappa shape index (κ1) is 25.2. The summed E-state index contributed by atoms with van der Waals surface area (Å²) in [5.41, 5.74) is 1.07. The predicted molar refractivity (Wildman–Crippen MR) is 138 cm³/mol. The number of aliphatic carboxylic acids is 1. The number of hydrogen-bond acceptors (Lipinski definition) is 5. The Morgan fingerprint density at radius 3 is 2.37 bits per heavy atom. The van der Waals surface area contributed by atoms with Gasteiger partial charge in [-0.1, -0.05) is 31.0 Å². The smallest absolute Gasteiger partial charge is 0.410 e. The lowest BCUT2D eigenvalue weighted by atomic mass is 9.85. The first-order valence-electron chi connectivity index (χ1n) is 11.4. The Hall–Kier alpha value is -2.91. The Balaban J connectivity index is 1.63. The van der Waals surface area contributed by atoms with Crippen LogP contribution in [0, 0.1) is 5.41 Å². The topological polar surface area (TPSA) is 104 Å². The minimum absolute atomic E-state index is 0.116. The molecule has 2 N–H and O–H groups in total. The van der Waals surface area contributed by atoms with E-state index in [2.05, 4.69) is 15.9 Å². The zero-order chi connectivity index (χ0) is 25.2. The standard InChI is InChI=1S/C26H26BrNO6S/c1-2-34-25(33)28(15-26(24(31)32)11-3-4-12-26)14-16-5-10-20-19(13-16)21(27)22(35-20)17-6-8-18(9-7-17)23(29)30/h5-10,13H,2-4,11-12,14-15H2,1H3,(H,29,30)(H,31,32). The van der Waals surface area contributed by atoms with E-state index in [1.54, 1.807) is 42.5 Å². The monoisotopic (exact) mass is 559 g/mol. The Labute approximate surface area is 215 Å². The van der Waals surface area contributed by atoms with Crippen molar-refractivity contribution < 1.29 is 29.3 Å². The van der Waals surface area contributed by atoms with Crippen LogP contribution in [0.4, 0.5) is 4.79 Å². The van der Waals surface area contributed by atoms with Crippen molar-refractivity contribution in [3.8, 4) is 10.4 Å². The third kappa shape index (κ3) is 5.21.